The van der Waals surface area contributed by atoms with Crippen LogP contribution in [0.3, 0.4) is 0 Å². The number of nitrogens with zero attached hydrogens (tertiary/aromatic N) is 2. The first-order valence-corrected chi connectivity index (χ1v) is 5.36. The highest BCUT2D eigenvalue weighted by molar-refractivity contribution is 5.40. The molecule has 1 rings (SSSR count). The zero-order chi connectivity index (χ0) is 11.4. The number of hydrogen-bond donors (Lipinski definition) is 1. The molecule has 0 aromatic carbocycles. The largest absolute Gasteiger partial charge is 0.389 e. The van der Waals surface area contributed by atoms with Crippen LogP contribution < -0.4 is 4.90 Å². The quantitative estimate of drug-likeness (QED) is 0.824. The predicted molar refractivity (Wildman–Crippen MR) is 63.0 cm³/mol. The molecule has 84 valence electrons. The van der Waals surface area contributed by atoms with Gasteiger partial charge in [-0.25, -0.2) is 4.98 Å². The summed E-state index contributed by atoms with van der Waals surface area (Å²) >= 11 is 0. The molecule has 0 bridgehead atoms. The first-order chi connectivity index (χ1) is 7.00. The van der Waals surface area contributed by atoms with Crippen LogP contribution in [0.25, 0.3) is 0 Å². The van der Waals surface area contributed by atoms with Gasteiger partial charge in [-0.05, 0) is 30.5 Å². The van der Waals surface area contributed by atoms with Crippen molar-refractivity contribution in [2.24, 2.45) is 5.92 Å². The Morgan fingerprint density at radius 3 is 2.60 bits per heavy atom. The molecule has 1 aromatic heterocycles. The minimum atomic E-state index is -0.431. The number of aromatic nitrogens is 1. The third-order valence-electron chi connectivity index (χ3n) is 2.28. The monoisotopic (exact) mass is 208 g/mol. The highest BCUT2D eigenvalue weighted by Crippen LogP contribution is 2.17. The van der Waals surface area contributed by atoms with Crippen molar-refractivity contribution in [1.82, 2.24) is 4.98 Å². The summed E-state index contributed by atoms with van der Waals surface area (Å²) in [5.41, 5.74) is 0.913. The highest BCUT2D eigenvalue weighted by atomic mass is 16.3. The molecule has 1 aromatic rings. The lowest BCUT2D eigenvalue weighted by Gasteiger charge is -2.21. The minimum Gasteiger partial charge on any atom is -0.389 e. The molecule has 15 heavy (non-hydrogen) atoms. The van der Waals surface area contributed by atoms with Crippen LogP contribution in [0.1, 0.15) is 32.4 Å². The maximum atomic E-state index is 9.47. The van der Waals surface area contributed by atoms with Gasteiger partial charge in [0.2, 0.25) is 0 Å². The molecule has 0 aliphatic rings. The van der Waals surface area contributed by atoms with Crippen LogP contribution in [0.5, 0.6) is 0 Å². The Balaban J connectivity index is 2.80. The molecule has 1 heterocycles. The Morgan fingerprint density at radius 2 is 2.07 bits per heavy atom. The van der Waals surface area contributed by atoms with Gasteiger partial charge in [0.25, 0.3) is 0 Å². The van der Waals surface area contributed by atoms with Gasteiger partial charge in [0.1, 0.15) is 5.82 Å². The lowest BCUT2D eigenvalue weighted by molar-refractivity contribution is 0.199. The van der Waals surface area contributed by atoms with Gasteiger partial charge in [-0.2, -0.15) is 0 Å². The zero-order valence-corrected chi connectivity index (χ0v) is 9.94. The van der Waals surface area contributed by atoms with E-state index in [1.54, 1.807) is 13.1 Å². The summed E-state index contributed by atoms with van der Waals surface area (Å²) in [5, 5.41) is 9.47. The number of rotatable bonds is 4. The predicted octanol–water partition coefficient (Wildman–Crippen LogP) is 2.23. The van der Waals surface area contributed by atoms with Crippen molar-refractivity contribution < 1.29 is 5.11 Å². The number of aliphatic hydroxyl groups excluding tert-OH is 1. The summed E-state index contributed by atoms with van der Waals surface area (Å²) in [6.07, 6.45) is 1.31. The number of anilines is 1. The summed E-state index contributed by atoms with van der Waals surface area (Å²) in [4.78, 5) is 6.40. The van der Waals surface area contributed by atoms with Gasteiger partial charge in [-0.15, -0.1) is 0 Å². The summed E-state index contributed by atoms with van der Waals surface area (Å²) < 4.78 is 0. The highest BCUT2D eigenvalue weighted by Gasteiger charge is 2.07. The van der Waals surface area contributed by atoms with Crippen LogP contribution >= 0.6 is 0 Å². The van der Waals surface area contributed by atoms with Gasteiger partial charge in [-0.1, -0.05) is 13.8 Å². The van der Waals surface area contributed by atoms with Crippen molar-refractivity contribution in [3.05, 3.63) is 23.9 Å². The second-order valence-corrected chi connectivity index (χ2v) is 4.40. The molecule has 0 amide bonds. The van der Waals surface area contributed by atoms with Gasteiger partial charge in [-0.3, -0.25) is 0 Å². The van der Waals surface area contributed by atoms with E-state index in [0.29, 0.717) is 5.92 Å². The second kappa shape index (κ2) is 5.12. The molecule has 3 nitrogen and oxygen atoms in total. The molecule has 0 aliphatic carbocycles. The van der Waals surface area contributed by atoms with Gasteiger partial charge >= 0.3 is 0 Å². The average Bonchev–Trinajstić information content (AvgIpc) is 2.17. The maximum absolute atomic E-state index is 9.47. The van der Waals surface area contributed by atoms with Crippen LogP contribution in [-0.2, 0) is 0 Å². The lowest BCUT2D eigenvalue weighted by atomic mass is 10.1. The van der Waals surface area contributed by atoms with Crippen LogP contribution in [0, 0.1) is 5.92 Å². The minimum absolute atomic E-state index is 0.431. The van der Waals surface area contributed by atoms with E-state index in [1.807, 2.05) is 19.2 Å². The maximum Gasteiger partial charge on any atom is 0.128 e. The Kier molecular flexibility index (Phi) is 4.09. The van der Waals surface area contributed by atoms with Crippen molar-refractivity contribution in [2.75, 3.05) is 18.5 Å². The average molecular weight is 208 g/mol. The normalized spacial score (nSPS) is 12.9. The molecule has 1 unspecified atom stereocenters. The molecule has 3 heteroatoms. The number of aliphatic hydroxyl groups is 1. The summed E-state index contributed by atoms with van der Waals surface area (Å²) in [5.74, 6) is 1.52. The van der Waals surface area contributed by atoms with Crippen molar-refractivity contribution in [3.63, 3.8) is 0 Å². The van der Waals surface area contributed by atoms with Crippen LogP contribution in [-0.4, -0.2) is 23.7 Å². The number of pyridine rings is 1. The van der Waals surface area contributed by atoms with Crippen molar-refractivity contribution in [2.45, 2.75) is 26.9 Å². The van der Waals surface area contributed by atoms with E-state index in [9.17, 15) is 5.11 Å². The van der Waals surface area contributed by atoms with Crippen LogP contribution in [0.4, 0.5) is 5.82 Å². The topological polar surface area (TPSA) is 36.4 Å². The van der Waals surface area contributed by atoms with Crippen LogP contribution in [0.15, 0.2) is 18.3 Å². The van der Waals surface area contributed by atoms with E-state index in [2.05, 4.69) is 23.7 Å². The van der Waals surface area contributed by atoms with E-state index in [0.717, 1.165) is 17.9 Å². The fraction of sp³-hybridized carbons (Fsp3) is 0.583. The van der Waals surface area contributed by atoms with Crippen molar-refractivity contribution in [3.8, 4) is 0 Å². The van der Waals surface area contributed by atoms with Gasteiger partial charge < -0.3 is 10.0 Å². The third-order valence-corrected chi connectivity index (χ3v) is 2.28. The van der Waals surface area contributed by atoms with Gasteiger partial charge in [0.15, 0.2) is 0 Å². The van der Waals surface area contributed by atoms with E-state index in [4.69, 9.17) is 0 Å². The SMILES string of the molecule is CC(C)CN(C)c1cc(C(C)O)ccn1. The molecule has 0 fully saturated rings. The molecule has 0 saturated heterocycles. The molecule has 0 saturated carbocycles. The Bertz CT molecular complexity index is 310. The van der Waals surface area contributed by atoms with E-state index in [-0.39, 0.29) is 0 Å². The first kappa shape index (κ1) is 12.0. The second-order valence-electron chi connectivity index (χ2n) is 4.40. The third kappa shape index (κ3) is 3.51. The molecular formula is C12H20N2O. The standard InChI is InChI=1S/C12H20N2O/c1-9(2)8-14(4)12-7-11(10(3)15)5-6-13-12/h5-7,9-10,15H,8H2,1-4H3. The Hall–Kier alpha value is -1.09. The summed E-state index contributed by atoms with van der Waals surface area (Å²) in [7, 11) is 2.02. The van der Waals surface area contributed by atoms with Gasteiger partial charge in [0.05, 0.1) is 6.10 Å². The fourth-order valence-corrected chi connectivity index (χ4v) is 1.54. The molecule has 1 atom stereocenters. The van der Waals surface area contributed by atoms with E-state index < -0.39 is 6.10 Å². The van der Waals surface area contributed by atoms with Gasteiger partial charge in [0, 0.05) is 19.8 Å². The Morgan fingerprint density at radius 1 is 1.40 bits per heavy atom. The van der Waals surface area contributed by atoms with E-state index in [1.165, 1.54) is 0 Å². The lowest BCUT2D eigenvalue weighted by Crippen LogP contribution is -2.23. The van der Waals surface area contributed by atoms with Crippen molar-refractivity contribution in [1.29, 1.82) is 0 Å². The molecular weight excluding hydrogens is 188 g/mol. The van der Waals surface area contributed by atoms with Crippen LogP contribution in [0.2, 0.25) is 0 Å². The van der Waals surface area contributed by atoms with E-state index >= 15 is 0 Å². The molecule has 0 aliphatic heterocycles. The van der Waals surface area contributed by atoms with Crippen molar-refractivity contribution >= 4 is 5.82 Å². The smallest absolute Gasteiger partial charge is 0.128 e. The fourth-order valence-electron chi connectivity index (χ4n) is 1.54. The molecule has 1 N–H and O–H groups in total. The molecule has 0 spiro atoms. The summed E-state index contributed by atoms with van der Waals surface area (Å²) in [6.45, 7) is 7.09. The Labute approximate surface area is 91.8 Å². The zero-order valence-electron chi connectivity index (χ0n) is 9.94. The first-order valence-electron chi connectivity index (χ1n) is 5.36. The number of hydrogen-bond acceptors (Lipinski definition) is 3. The summed E-state index contributed by atoms with van der Waals surface area (Å²) in [6, 6.07) is 3.78. The molecule has 0 radical (unpaired) electrons.